The number of halogens is 3. The van der Waals surface area contributed by atoms with Crippen molar-refractivity contribution < 1.29 is 4.79 Å². The number of carbonyl (C=O) groups is 1. The Morgan fingerprint density at radius 3 is 2.19 bits per heavy atom. The van der Waals surface area contributed by atoms with Gasteiger partial charge in [-0.2, -0.15) is 0 Å². The summed E-state index contributed by atoms with van der Waals surface area (Å²) in [5.41, 5.74) is 3.25. The maximum atomic E-state index is 13.9. The summed E-state index contributed by atoms with van der Waals surface area (Å²) in [5, 5.41) is 1.45. The minimum atomic E-state index is -0.557. The molecule has 0 saturated carbocycles. The number of hydrogen-bond acceptors (Lipinski definition) is 2. The van der Waals surface area contributed by atoms with E-state index in [4.69, 9.17) is 11.6 Å². The van der Waals surface area contributed by atoms with Gasteiger partial charge in [-0.05, 0) is 41.8 Å². The average molecular weight is 580 g/mol. The van der Waals surface area contributed by atoms with Crippen molar-refractivity contribution in [2.75, 3.05) is 10.2 Å². The molecule has 1 amide bonds. The predicted octanol–water partition coefficient (Wildman–Crippen LogP) is 7.65. The van der Waals surface area contributed by atoms with E-state index in [-0.39, 0.29) is 16.8 Å². The molecule has 3 aromatic carbocycles. The molecule has 0 aliphatic carbocycles. The molecule has 3 unspecified atom stereocenters. The van der Waals surface area contributed by atoms with Crippen LogP contribution < -0.4 is 4.90 Å². The van der Waals surface area contributed by atoms with Crippen LogP contribution in [0.25, 0.3) is 0 Å². The molecule has 3 aromatic rings. The highest BCUT2D eigenvalue weighted by Crippen LogP contribution is 2.57. The standard InChI is InChI=1S/C25H22Br2ClNOS/c26-16-20(27)15-25(31-17-18-7-3-1-4-8-18)23(19-9-5-2-6-10-19)29(24(25)30)22-13-11-21(28)12-14-22/h1-14,20,23H,15-17H2. The highest BCUT2D eigenvalue weighted by Gasteiger charge is 2.62. The third kappa shape index (κ3) is 4.75. The second-order valence-electron chi connectivity index (χ2n) is 7.58. The van der Waals surface area contributed by atoms with Crippen molar-refractivity contribution in [2.24, 2.45) is 0 Å². The van der Waals surface area contributed by atoms with E-state index >= 15 is 0 Å². The Morgan fingerprint density at radius 2 is 1.58 bits per heavy atom. The van der Waals surface area contributed by atoms with Crippen molar-refractivity contribution in [1.82, 2.24) is 0 Å². The highest BCUT2D eigenvalue weighted by molar-refractivity contribution is 9.12. The quantitative estimate of drug-likeness (QED) is 0.202. The summed E-state index contributed by atoms with van der Waals surface area (Å²) in [6.07, 6.45) is 0.734. The number of carbonyl (C=O) groups excluding carboxylic acids is 1. The summed E-state index contributed by atoms with van der Waals surface area (Å²) in [4.78, 5) is 16.0. The van der Waals surface area contributed by atoms with Gasteiger partial charge in [0.15, 0.2) is 0 Å². The largest absolute Gasteiger partial charge is 0.302 e. The van der Waals surface area contributed by atoms with E-state index in [9.17, 15) is 4.79 Å². The minimum Gasteiger partial charge on any atom is -0.302 e. The maximum absolute atomic E-state index is 13.9. The van der Waals surface area contributed by atoms with Gasteiger partial charge in [-0.1, -0.05) is 104 Å². The topological polar surface area (TPSA) is 20.3 Å². The Bertz CT molecular complexity index is 1020. The molecule has 1 heterocycles. The smallest absolute Gasteiger partial charge is 0.246 e. The average Bonchev–Trinajstić information content (AvgIpc) is 2.81. The van der Waals surface area contributed by atoms with Gasteiger partial charge in [0, 0.05) is 26.6 Å². The number of rotatable bonds is 8. The molecule has 4 rings (SSSR count). The first-order valence-electron chi connectivity index (χ1n) is 10.1. The zero-order chi connectivity index (χ0) is 21.8. The van der Waals surface area contributed by atoms with Crippen LogP contribution in [0.4, 0.5) is 5.69 Å². The van der Waals surface area contributed by atoms with Gasteiger partial charge in [-0.3, -0.25) is 4.79 Å². The van der Waals surface area contributed by atoms with Gasteiger partial charge in [-0.15, -0.1) is 11.8 Å². The number of nitrogens with zero attached hydrogens (tertiary/aromatic N) is 1. The molecule has 0 aromatic heterocycles. The van der Waals surface area contributed by atoms with Gasteiger partial charge in [0.1, 0.15) is 4.75 Å². The summed E-state index contributed by atoms with van der Waals surface area (Å²) in [6.45, 7) is 0. The van der Waals surface area contributed by atoms with E-state index in [0.29, 0.717) is 5.02 Å². The van der Waals surface area contributed by atoms with E-state index in [1.165, 1.54) is 5.56 Å². The van der Waals surface area contributed by atoms with Crippen molar-refractivity contribution in [1.29, 1.82) is 0 Å². The van der Waals surface area contributed by atoms with Crippen LogP contribution in [0, 0.1) is 0 Å². The van der Waals surface area contributed by atoms with Crippen LogP contribution in [0.1, 0.15) is 23.6 Å². The third-order valence-corrected chi connectivity index (χ3v) is 9.64. The molecule has 3 atom stereocenters. The second kappa shape index (κ2) is 10.1. The first-order chi connectivity index (χ1) is 15.0. The van der Waals surface area contributed by atoms with Crippen molar-refractivity contribution in [3.8, 4) is 0 Å². The third-order valence-electron chi connectivity index (χ3n) is 5.53. The van der Waals surface area contributed by atoms with Crippen LogP contribution in [-0.4, -0.2) is 20.8 Å². The first kappa shape index (κ1) is 22.9. The lowest BCUT2D eigenvalue weighted by Crippen LogP contribution is -2.67. The van der Waals surface area contributed by atoms with E-state index in [0.717, 1.165) is 28.8 Å². The summed E-state index contributed by atoms with van der Waals surface area (Å²) >= 11 is 15.2. The molecular weight excluding hydrogens is 558 g/mol. The Hall–Kier alpha value is -1.27. The Balaban J connectivity index is 1.75. The fraction of sp³-hybridized carbons (Fsp3) is 0.240. The molecule has 0 radical (unpaired) electrons. The Labute approximate surface area is 209 Å². The number of thioether (sulfide) groups is 1. The van der Waals surface area contributed by atoms with Crippen molar-refractivity contribution in [2.45, 2.75) is 27.8 Å². The molecule has 1 fully saturated rings. The van der Waals surface area contributed by atoms with Crippen LogP contribution in [0.15, 0.2) is 84.9 Å². The number of amides is 1. The molecule has 160 valence electrons. The number of anilines is 1. The number of benzene rings is 3. The summed E-state index contributed by atoms with van der Waals surface area (Å²) in [6, 6.07) is 28.2. The van der Waals surface area contributed by atoms with E-state index < -0.39 is 4.75 Å². The van der Waals surface area contributed by atoms with Crippen molar-refractivity contribution >= 4 is 66.8 Å². The number of alkyl halides is 2. The van der Waals surface area contributed by atoms with Gasteiger partial charge in [0.2, 0.25) is 5.91 Å². The molecular formula is C25H22Br2ClNOS. The van der Waals surface area contributed by atoms with Crippen LogP contribution in [0.3, 0.4) is 0 Å². The molecule has 0 spiro atoms. The summed E-state index contributed by atoms with van der Waals surface area (Å²) in [5.74, 6) is 0.932. The van der Waals surface area contributed by atoms with Crippen LogP contribution in [-0.2, 0) is 10.5 Å². The summed E-state index contributed by atoms with van der Waals surface area (Å²) in [7, 11) is 0. The fourth-order valence-corrected chi connectivity index (χ4v) is 6.71. The molecule has 1 saturated heterocycles. The lowest BCUT2D eigenvalue weighted by atomic mass is 9.78. The predicted molar refractivity (Wildman–Crippen MR) is 140 cm³/mol. The Kier molecular flexibility index (Phi) is 7.48. The SMILES string of the molecule is O=C1N(c2ccc(Cl)cc2)C(c2ccccc2)C1(CC(Br)CBr)SCc1ccccc1. The van der Waals surface area contributed by atoms with Gasteiger partial charge in [-0.25, -0.2) is 0 Å². The fourth-order valence-electron chi connectivity index (χ4n) is 4.07. The van der Waals surface area contributed by atoms with Gasteiger partial charge < -0.3 is 4.90 Å². The first-order valence-corrected chi connectivity index (χ1v) is 13.5. The maximum Gasteiger partial charge on any atom is 0.246 e. The van der Waals surface area contributed by atoms with E-state index in [1.807, 2.05) is 65.6 Å². The molecule has 2 nitrogen and oxygen atoms in total. The zero-order valence-corrected chi connectivity index (χ0v) is 21.5. The highest BCUT2D eigenvalue weighted by atomic mass is 79.9. The molecule has 6 heteroatoms. The molecule has 1 aliphatic heterocycles. The lowest BCUT2D eigenvalue weighted by molar-refractivity contribution is -0.128. The van der Waals surface area contributed by atoms with Crippen LogP contribution >= 0.6 is 55.2 Å². The van der Waals surface area contributed by atoms with E-state index in [2.05, 4.69) is 56.1 Å². The van der Waals surface area contributed by atoms with Gasteiger partial charge in [0.25, 0.3) is 0 Å². The van der Waals surface area contributed by atoms with Crippen molar-refractivity contribution in [3.05, 3.63) is 101 Å². The molecule has 31 heavy (non-hydrogen) atoms. The van der Waals surface area contributed by atoms with E-state index in [1.54, 1.807) is 11.8 Å². The molecule has 0 N–H and O–H groups in total. The van der Waals surface area contributed by atoms with Gasteiger partial charge in [0.05, 0.1) is 6.04 Å². The van der Waals surface area contributed by atoms with Crippen molar-refractivity contribution in [3.63, 3.8) is 0 Å². The van der Waals surface area contributed by atoms with Gasteiger partial charge >= 0.3 is 0 Å². The Morgan fingerprint density at radius 1 is 0.968 bits per heavy atom. The lowest BCUT2D eigenvalue weighted by Gasteiger charge is -2.56. The molecule has 1 aliphatic rings. The minimum absolute atomic E-state index is 0.0600. The molecule has 0 bridgehead atoms. The number of β-lactam (4-membered cyclic amide) rings is 1. The zero-order valence-electron chi connectivity index (χ0n) is 16.8. The monoisotopic (exact) mass is 577 g/mol. The summed E-state index contributed by atoms with van der Waals surface area (Å²) < 4.78 is -0.557. The normalized spacial score (nSPS) is 21.6. The second-order valence-corrected chi connectivity index (χ2v) is 11.3. The van der Waals surface area contributed by atoms with Crippen LogP contribution in [0.2, 0.25) is 5.02 Å². The van der Waals surface area contributed by atoms with Crippen LogP contribution in [0.5, 0.6) is 0 Å². The number of hydrogen-bond donors (Lipinski definition) is 0.